The summed E-state index contributed by atoms with van der Waals surface area (Å²) in [7, 11) is 0. The maximum Gasteiger partial charge on any atom is 0.307 e. The first-order chi connectivity index (χ1) is 10.5. The van der Waals surface area contributed by atoms with Crippen LogP contribution in [0.2, 0.25) is 0 Å². The highest BCUT2D eigenvalue weighted by molar-refractivity contribution is 5.88. The van der Waals surface area contributed by atoms with E-state index < -0.39 is 5.97 Å². The first-order valence-electron chi connectivity index (χ1n) is 6.80. The Morgan fingerprint density at radius 2 is 1.45 bits per heavy atom. The van der Waals surface area contributed by atoms with Crippen LogP contribution in [0.25, 0.3) is 21.9 Å². The van der Waals surface area contributed by atoms with Gasteiger partial charge < -0.3 is 15.3 Å². The second-order valence-corrected chi connectivity index (χ2v) is 5.16. The Kier molecular flexibility index (Phi) is 3.43. The molecule has 0 unspecified atom stereocenters. The molecule has 0 atom stereocenters. The molecule has 3 aromatic carbocycles. The van der Waals surface area contributed by atoms with Gasteiger partial charge >= 0.3 is 5.97 Å². The van der Waals surface area contributed by atoms with E-state index in [0.717, 1.165) is 21.9 Å². The minimum absolute atomic E-state index is 0.0168. The van der Waals surface area contributed by atoms with Crippen LogP contribution in [0.5, 0.6) is 11.5 Å². The van der Waals surface area contributed by atoms with Crippen LogP contribution in [-0.4, -0.2) is 21.3 Å². The van der Waals surface area contributed by atoms with Gasteiger partial charge in [-0.25, -0.2) is 0 Å². The number of carbonyl (C=O) groups is 1. The molecule has 0 fully saturated rings. The molecule has 0 saturated carbocycles. The summed E-state index contributed by atoms with van der Waals surface area (Å²) in [5, 5.41) is 30.0. The Labute approximate surface area is 126 Å². The van der Waals surface area contributed by atoms with E-state index in [9.17, 15) is 15.0 Å². The molecule has 0 bridgehead atoms. The van der Waals surface area contributed by atoms with Gasteiger partial charge in [0.2, 0.25) is 0 Å². The van der Waals surface area contributed by atoms with Crippen molar-refractivity contribution < 1.29 is 20.1 Å². The number of hydrogen-bond acceptors (Lipinski definition) is 3. The molecule has 0 spiro atoms. The second-order valence-electron chi connectivity index (χ2n) is 5.16. The SMILES string of the molecule is O=C(O)Cc1cc(-c2ccc3cc(O)ccc3c2)ccc1O. The number of benzene rings is 3. The lowest BCUT2D eigenvalue weighted by Crippen LogP contribution is -2.00. The fraction of sp³-hybridized carbons (Fsp3) is 0.0556. The van der Waals surface area contributed by atoms with E-state index in [-0.39, 0.29) is 17.9 Å². The van der Waals surface area contributed by atoms with Gasteiger partial charge in [-0.15, -0.1) is 0 Å². The molecule has 0 amide bonds. The van der Waals surface area contributed by atoms with Crippen molar-refractivity contribution in [3.05, 3.63) is 60.2 Å². The molecule has 110 valence electrons. The number of rotatable bonds is 3. The van der Waals surface area contributed by atoms with E-state index in [1.54, 1.807) is 24.3 Å². The van der Waals surface area contributed by atoms with Crippen LogP contribution in [0.1, 0.15) is 5.56 Å². The summed E-state index contributed by atoms with van der Waals surface area (Å²) in [6, 6.07) is 15.8. The maximum atomic E-state index is 10.8. The van der Waals surface area contributed by atoms with Crippen molar-refractivity contribution in [2.45, 2.75) is 6.42 Å². The molecule has 0 heterocycles. The molecule has 0 saturated heterocycles. The Hall–Kier alpha value is -3.01. The zero-order chi connectivity index (χ0) is 15.7. The molecule has 3 aromatic rings. The highest BCUT2D eigenvalue weighted by atomic mass is 16.4. The van der Waals surface area contributed by atoms with Gasteiger partial charge in [0.05, 0.1) is 6.42 Å². The molecule has 3 N–H and O–H groups in total. The van der Waals surface area contributed by atoms with Crippen LogP contribution in [-0.2, 0) is 11.2 Å². The molecule has 3 rings (SSSR count). The number of phenols is 2. The predicted molar refractivity (Wildman–Crippen MR) is 84.1 cm³/mol. The molecule has 4 nitrogen and oxygen atoms in total. The first kappa shape index (κ1) is 13.9. The summed E-state index contributed by atoms with van der Waals surface area (Å²) in [5.74, 6) is -0.785. The van der Waals surface area contributed by atoms with Crippen molar-refractivity contribution in [2.75, 3.05) is 0 Å². The second kappa shape index (κ2) is 5.41. The van der Waals surface area contributed by atoms with Crippen molar-refractivity contribution in [1.29, 1.82) is 0 Å². The van der Waals surface area contributed by atoms with Crippen LogP contribution in [0, 0.1) is 0 Å². The van der Waals surface area contributed by atoms with E-state index in [1.165, 1.54) is 6.07 Å². The average Bonchev–Trinajstić information content (AvgIpc) is 2.48. The number of carboxylic acid groups (broad SMARTS) is 1. The molecular formula is C18H14O4. The third-order valence-electron chi connectivity index (χ3n) is 3.58. The average molecular weight is 294 g/mol. The number of hydrogen-bond donors (Lipinski definition) is 3. The lowest BCUT2D eigenvalue weighted by Gasteiger charge is -2.08. The summed E-state index contributed by atoms with van der Waals surface area (Å²) in [5.41, 5.74) is 2.14. The monoisotopic (exact) mass is 294 g/mol. The van der Waals surface area contributed by atoms with Gasteiger partial charge in [-0.05, 0) is 52.2 Å². The Morgan fingerprint density at radius 3 is 2.23 bits per heavy atom. The predicted octanol–water partition coefficient (Wildman–Crippen LogP) is 3.55. The zero-order valence-electron chi connectivity index (χ0n) is 11.7. The molecule has 0 radical (unpaired) electrons. The summed E-state index contributed by atoms with van der Waals surface area (Å²) in [6.45, 7) is 0. The Bertz CT molecular complexity index is 868. The van der Waals surface area contributed by atoms with Gasteiger partial charge in [-0.1, -0.05) is 24.3 Å². The standard InChI is InChI=1S/C18H14O4/c19-16-5-3-12-7-11(1-2-14(12)9-16)13-4-6-17(20)15(8-13)10-18(21)22/h1-9,19-20H,10H2,(H,21,22). The summed E-state index contributed by atoms with van der Waals surface area (Å²) in [6.07, 6.45) is -0.221. The number of phenolic OH excluding ortho intramolecular Hbond substituents is 2. The van der Waals surface area contributed by atoms with E-state index in [2.05, 4.69) is 0 Å². The van der Waals surface area contributed by atoms with Gasteiger partial charge in [0.15, 0.2) is 0 Å². The summed E-state index contributed by atoms with van der Waals surface area (Å²) >= 11 is 0. The maximum absolute atomic E-state index is 10.8. The minimum atomic E-state index is -0.985. The molecule has 22 heavy (non-hydrogen) atoms. The van der Waals surface area contributed by atoms with E-state index in [0.29, 0.717) is 5.56 Å². The molecule has 0 aliphatic rings. The van der Waals surface area contributed by atoms with Crippen LogP contribution < -0.4 is 0 Å². The normalized spacial score (nSPS) is 10.7. The van der Waals surface area contributed by atoms with Crippen LogP contribution in [0.15, 0.2) is 54.6 Å². The minimum Gasteiger partial charge on any atom is -0.508 e. The third-order valence-corrected chi connectivity index (χ3v) is 3.58. The van der Waals surface area contributed by atoms with Crippen LogP contribution in [0.4, 0.5) is 0 Å². The largest absolute Gasteiger partial charge is 0.508 e. The van der Waals surface area contributed by atoms with E-state index in [1.807, 2.05) is 24.3 Å². The van der Waals surface area contributed by atoms with Crippen molar-refractivity contribution in [3.63, 3.8) is 0 Å². The topological polar surface area (TPSA) is 77.8 Å². The molecule has 0 aliphatic heterocycles. The van der Waals surface area contributed by atoms with Crippen molar-refractivity contribution in [1.82, 2.24) is 0 Å². The summed E-state index contributed by atoms with van der Waals surface area (Å²) < 4.78 is 0. The highest BCUT2D eigenvalue weighted by Crippen LogP contribution is 2.29. The fourth-order valence-corrected chi connectivity index (χ4v) is 2.48. The number of carboxylic acids is 1. The van der Waals surface area contributed by atoms with Crippen molar-refractivity contribution in [2.24, 2.45) is 0 Å². The van der Waals surface area contributed by atoms with E-state index in [4.69, 9.17) is 5.11 Å². The smallest absolute Gasteiger partial charge is 0.307 e. The van der Waals surface area contributed by atoms with Gasteiger partial charge in [0.1, 0.15) is 11.5 Å². The van der Waals surface area contributed by atoms with Gasteiger partial charge in [0.25, 0.3) is 0 Å². The van der Waals surface area contributed by atoms with E-state index >= 15 is 0 Å². The Morgan fingerprint density at radius 1 is 0.818 bits per heavy atom. The third kappa shape index (κ3) is 2.72. The quantitative estimate of drug-likeness (QED) is 0.690. The van der Waals surface area contributed by atoms with Crippen molar-refractivity contribution in [3.8, 4) is 22.6 Å². The van der Waals surface area contributed by atoms with Gasteiger partial charge in [0, 0.05) is 5.56 Å². The summed E-state index contributed by atoms with van der Waals surface area (Å²) in [4.78, 5) is 10.8. The number of fused-ring (bicyclic) bond motifs is 1. The highest BCUT2D eigenvalue weighted by Gasteiger charge is 2.09. The first-order valence-corrected chi connectivity index (χ1v) is 6.80. The Balaban J connectivity index is 2.07. The fourth-order valence-electron chi connectivity index (χ4n) is 2.48. The van der Waals surface area contributed by atoms with Gasteiger partial charge in [-0.3, -0.25) is 4.79 Å². The lowest BCUT2D eigenvalue weighted by molar-refractivity contribution is -0.136. The van der Waals surface area contributed by atoms with Crippen LogP contribution in [0.3, 0.4) is 0 Å². The lowest BCUT2D eigenvalue weighted by atomic mass is 9.98. The van der Waals surface area contributed by atoms with Gasteiger partial charge in [-0.2, -0.15) is 0 Å². The molecule has 4 heteroatoms. The van der Waals surface area contributed by atoms with Crippen LogP contribution >= 0.6 is 0 Å². The zero-order valence-corrected chi connectivity index (χ0v) is 11.7. The number of aromatic hydroxyl groups is 2. The van der Waals surface area contributed by atoms with Crippen molar-refractivity contribution >= 4 is 16.7 Å². The number of aliphatic carboxylic acids is 1. The molecular weight excluding hydrogens is 280 g/mol. The molecule has 0 aromatic heterocycles. The molecule has 0 aliphatic carbocycles.